The standard InChI is InChI=1S/C20H21N3O2/c24-20(18-13-17(21-22-18)19-10-6-12-25-19)23-11-5-4-9-16(14-23)15-7-2-1-3-8-15/h1-3,6-8,10,12-13,16H,4-5,9,11,14H2,(H,21,22). The number of nitrogens with one attached hydrogen (secondary N) is 1. The van der Waals surface area contributed by atoms with Crippen LogP contribution in [0.15, 0.2) is 59.2 Å². The van der Waals surface area contributed by atoms with Crippen LogP contribution in [0.4, 0.5) is 0 Å². The van der Waals surface area contributed by atoms with Crippen molar-refractivity contribution in [3.63, 3.8) is 0 Å². The van der Waals surface area contributed by atoms with Crippen molar-refractivity contribution in [1.29, 1.82) is 0 Å². The topological polar surface area (TPSA) is 62.1 Å². The summed E-state index contributed by atoms with van der Waals surface area (Å²) in [4.78, 5) is 14.9. The Morgan fingerprint density at radius 3 is 2.84 bits per heavy atom. The lowest BCUT2D eigenvalue weighted by molar-refractivity contribution is 0.0748. The number of carbonyl (C=O) groups is 1. The van der Waals surface area contributed by atoms with E-state index in [1.54, 1.807) is 12.3 Å². The Kier molecular flexibility index (Phi) is 4.37. The third kappa shape index (κ3) is 3.36. The summed E-state index contributed by atoms with van der Waals surface area (Å²) in [6.07, 6.45) is 4.90. The van der Waals surface area contributed by atoms with E-state index in [0.29, 0.717) is 17.4 Å². The van der Waals surface area contributed by atoms with Crippen LogP contribution in [0.25, 0.3) is 11.5 Å². The number of rotatable bonds is 3. The molecule has 1 N–H and O–H groups in total. The lowest BCUT2D eigenvalue weighted by atomic mass is 9.94. The van der Waals surface area contributed by atoms with Gasteiger partial charge < -0.3 is 9.32 Å². The van der Waals surface area contributed by atoms with E-state index in [4.69, 9.17) is 4.42 Å². The first kappa shape index (κ1) is 15.7. The van der Waals surface area contributed by atoms with Crippen molar-refractivity contribution < 1.29 is 9.21 Å². The molecule has 0 saturated carbocycles. The number of furan rings is 1. The van der Waals surface area contributed by atoms with Gasteiger partial charge in [0.15, 0.2) is 11.5 Å². The second kappa shape index (κ2) is 6.97. The van der Waals surface area contributed by atoms with Crippen LogP contribution < -0.4 is 0 Å². The summed E-state index contributed by atoms with van der Waals surface area (Å²) in [5, 5.41) is 7.09. The lowest BCUT2D eigenvalue weighted by Crippen LogP contribution is -2.34. The molecule has 128 valence electrons. The van der Waals surface area contributed by atoms with Crippen LogP contribution in [-0.4, -0.2) is 34.1 Å². The van der Waals surface area contributed by atoms with Crippen molar-refractivity contribution in [2.24, 2.45) is 0 Å². The first-order chi connectivity index (χ1) is 12.3. The van der Waals surface area contributed by atoms with Crippen LogP contribution in [0, 0.1) is 0 Å². The zero-order valence-electron chi connectivity index (χ0n) is 14.0. The summed E-state index contributed by atoms with van der Waals surface area (Å²) in [5.41, 5.74) is 2.48. The fraction of sp³-hybridized carbons (Fsp3) is 0.300. The fourth-order valence-corrected chi connectivity index (χ4v) is 3.48. The molecule has 0 aliphatic carbocycles. The van der Waals surface area contributed by atoms with Gasteiger partial charge in [0.1, 0.15) is 5.69 Å². The van der Waals surface area contributed by atoms with Gasteiger partial charge in [-0.05, 0) is 30.5 Å². The number of aromatic nitrogens is 2. The highest BCUT2D eigenvalue weighted by molar-refractivity contribution is 5.93. The van der Waals surface area contributed by atoms with Gasteiger partial charge in [-0.2, -0.15) is 5.10 Å². The van der Waals surface area contributed by atoms with E-state index >= 15 is 0 Å². The van der Waals surface area contributed by atoms with Gasteiger partial charge in [0.25, 0.3) is 5.91 Å². The molecule has 3 aromatic rings. The maximum atomic E-state index is 12.9. The van der Waals surface area contributed by atoms with Gasteiger partial charge >= 0.3 is 0 Å². The van der Waals surface area contributed by atoms with Crippen LogP contribution in [0.5, 0.6) is 0 Å². The van der Waals surface area contributed by atoms with Crippen molar-refractivity contribution >= 4 is 5.91 Å². The van der Waals surface area contributed by atoms with Gasteiger partial charge in [0, 0.05) is 25.1 Å². The van der Waals surface area contributed by atoms with Crippen LogP contribution in [0.2, 0.25) is 0 Å². The average molecular weight is 335 g/mol. The number of likely N-dealkylation sites (tertiary alicyclic amines) is 1. The smallest absolute Gasteiger partial charge is 0.274 e. The van der Waals surface area contributed by atoms with Crippen molar-refractivity contribution in [2.75, 3.05) is 13.1 Å². The average Bonchev–Trinajstić information content (AvgIpc) is 3.29. The minimum absolute atomic E-state index is 0.0168. The van der Waals surface area contributed by atoms with E-state index in [9.17, 15) is 4.79 Å². The highest BCUT2D eigenvalue weighted by Gasteiger charge is 2.25. The molecule has 1 atom stereocenters. The summed E-state index contributed by atoms with van der Waals surface area (Å²) in [6.45, 7) is 1.52. The lowest BCUT2D eigenvalue weighted by Gasteiger charge is -2.24. The second-order valence-electron chi connectivity index (χ2n) is 6.50. The monoisotopic (exact) mass is 335 g/mol. The molecule has 0 spiro atoms. The Bertz CT molecular complexity index is 824. The van der Waals surface area contributed by atoms with E-state index in [0.717, 1.165) is 38.0 Å². The molecule has 1 aromatic carbocycles. The number of benzene rings is 1. The third-order valence-corrected chi connectivity index (χ3v) is 4.81. The molecule has 5 heteroatoms. The molecule has 1 saturated heterocycles. The highest BCUT2D eigenvalue weighted by Crippen LogP contribution is 2.27. The number of hydrogen-bond donors (Lipinski definition) is 1. The molecule has 1 aliphatic rings. The molecule has 1 amide bonds. The van der Waals surface area contributed by atoms with Gasteiger partial charge in [-0.15, -0.1) is 0 Å². The zero-order chi connectivity index (χ0) is 17.1. The minimum Gasteiger partial charge on any atom is -0.463 e. The number of carbonyl (C=O) groups excluding carboxylic acids is 1. The molecule has 5 nitrogen and oxygen atoms in total. The van der Waals surface area contributed by atoms with Crippen molar-refractivity contribution in [3.8, 4) is 11.5 Å². The predicted octanol–water partition coefficient (Wildman–Crippen LogP) is 4.08. The molecule has 4 rings (SSSR count). The molecule has 0 bridgehead atoms. The van der Waals surface area contributed by atoms with Gasteiger partial charge in [0.2, 0.25) is 0 Å². The van der Waals surface area contributed by atoms with Crippen molar-refractivity contribution in [3.05, 3.63) is 66.1 Å². The van der Waals surface area contributed by atoms with Crippen LogP contribution in [-0.2, 0) is 0 Å². The molecule has 1 aliphatic heterocycles. The van der Waals surface area contributed by atoms with E-state index < -0.39 is 0 Å². The molecule has 1 fully saturated rings. The minimum atomic E-state index is -0.0168. The molecule has 0 radical (unpaired) electrons. The molecular weight excluding hydrogens is 314 g/mol. The largest absolute Gasteiger partial charge is 0.463 e. The quantitative estimate of drug-likeness (QED) is 0.784. The summed E-state index contributed by atoms with van der Waals surface area (Å²) in [6, 6.07) is 15.9. The summed E-state index contributed by atoms with van der Waals surface area (Å²) in [7, 11) is 0. The summed E-state index contributed by atoms with van der Waals surface area (Å²) >= 11 is 0. The van der Waals surface area contributed by atoms with Crippen molar-refractivity contribution in [1.82, 2.24) is 15.1 Å². The molecule has 3 heterocycles. The number of hydrogen-bond acceptors (Lipinski definition) is 3. The maximum Gasteiger partial charge on any atom is 0.274 e. The van der Waals surface area contributed by atoms with E-state index in [1.165, 1.54) is 5.56 Å². The Balaban J connectivity index is 1.52. The normalized spacial score (nSPS) is 18.1. The Hall–Kier alpha value is -2.82. The summed E-state index contributed by atoms with van der Waals surface area (Å²) < 4.78 is 5.36. The first-order valence-corrected chi connectivity index (χ1v) is 8.75. The number of amides is 1. The molecule has 2 aromatic heterocycles. The van der Waals surface area contributed by atoms with Crippen molar-refractivity contribution in [2.45, 2.75) is 25.2 Å². The fourth-order valence-electron chi connectivity index (χ4n) is 3.48. The van der Waals surface area contributed by atoms with E-state index in [2.05, 4.69) is 34.5 Å². The molecular formula is C20H21N3O2. The van der Waals surface area contributed by atoms with Crippen LogP contribution in [0.3, 0.4) is 0 Å². The zero-order valence-corrected chi connectivity index (χ0v) is 14.0. The maximum absolute atomic E-state index is 12.9. The summed E-state index contributed by atoms with van der Waals surface area (Å²) in [5.74, 6) is 1.05. The first-order valence-electron chi connectivity index (χ1n) is 8.75. The Morgan fingerprint density at radius 2 is 2.04 bits per heavy atom. The number of H-pyrrole nitrogens is 1. The van der Waals surface area contributed by atoms with Gasteiger partial charge in [-0.25, -0.2) is 0 Å². The van der Waals surface area contributed by atoms with E-state index in [1.807, 2.05) is 23.1 Å². The molecule has 1 unspecified atom stereocenters. The Morgan fingerprint density at radius 1 is 1.16 bits per heavy atom. The highest BCUT2D eigenvalue weighted by atomic mass is 16.3. The van der Waals surface area contributed by atoms with Crippen LogP contribution in [0.1, 0.15) is 41.2 Å². The number of aromatic amines is 1. The van der Waals surface area contributed by atoms with Gasteiger partial charge in [-0.1, -0.05) is 36.8 Å². The predicted molar refractivity (Wildman–Crippen MR) is 95.2 cm³/mol. The second-order valence-corrected chi connectivity index (χ2v) is 6.50. The van der Waals surface area contributed by atoms with Crippen LogP contribution >= 0.6 is 0 Å². The number of nitrogens with zero attached hydrogens (tertiary/aromatic N) is 2. The van der Waals surface area contributed by atoms with Gasteiger partial charge in [0.05, 0.1) is 6.26 Å². The Labute approximate surface area is 146 Å². The third-order valence-electron chi connectivity index (χ3n) is 4.81. The molecule has 25 heavy (non-hydrogen) atoms. The SMILES string of the molecule is O=C(c1cc(-c2ccco2)[nH]n1)N1CCCCC(c2ccccc2)C1. The van der Waals surface area contributed by atoms with E-state index in [-0.39, 0.29) is 5.91 Å². The van der Waals surface area contributed by atoms with Gasteiger partial charge in [-0.3, -0.25) is 9.89 Å².